The molecule has 0 aliphatic rings. The van der Waals surface area contributed by atoms with E-state index in [0.717, 1.165) is 18.4 Å². The van der Waals surface area contributed by atoms with Gasteiger partial charge in [0.25, 0.3) is 0 Å². The van der Waals surface area contributed by atoms with Crippen LogP contribution in [0.3, 0.4) is 0 Å². The minimum absolute atomic E-state index is 0.121. The fourth-order valence-corrected chi connectivity index (χ4v) is 1.83. The molecule has 112 valence electrons. The molecule has 7 nitrogen and oxygen atoms in total. The number of benzene rings is 1. The lowest BCUT2D eigenvalue weighted by Gasteiger charge is -2.10. The van der Waals surface area contributed by atoms with Gasteiger partial charge in [-0.15, -0.1) is 10.2 Å². The average Bonchev–Trinajstić information content (AvgIpc) is 3.01. The summed E-state index contributed by atoms with van der Waals surface area (Å²) in [5.74, 6) is 0.391. The van der Waals surface area contributed by atoms with E-state index in [1.165, 1.54) is 4.80 Å². The number of carbonyl (C=O) groups is 1. The molecule has 0 saturated carbocycles. The molecular formula is C14H20N6O. The van der Waals surface area contributed by atoms with Crippen LogP contribution in [0.5, 0.6) is 0 Å². The summed E-state index contributed by atoms with van der Waals surface area (Å²) in [7, 11) is 0. The van der Waals surface area contributed by atoms with E-state index in [-0.39, 0.29) is 5.91 Å². The van der Waals surface area contributed by atoms with Crippen molar-refractivity contribution >= 4 is 5.91 Å². The van der Waals surface area contributed by atoms with Crippen LogP contribution in [-0.2, 0) is 4.79 Å². The van der Waals surface area contributed by atoms with Crippen molar-refractivity contribution in [2.75, 3.05) is 13.1 Å². The second kappa shape index (κ2) is 7.49. The van der Waals surface area contributed by atoms with E-state index in [2.05, 4.69) is 20.7 Å². The summed E-state index contributed by atoms with van der Waals surface area (Å²) in [4.78, 5) is 13.3. The zero-order chi connectivity index (χ0) is 15.1. The van der Waals surface area contributed by atoms with E-state index >= 15 is 0 Å². The molecule has 7 heteroatoms. The number of amides is 1. The molecule has 0 bridgehead atoms. The lowest BCUT2D eigenvalue weighted by molar-refractivity contribution is -0.124. The summed E-state index contributed by atoms with van der Waals surface area (Å²) < 4.78 is 0. The fraction of sp³-hybridized carbons (Fsp3) is 0.429. The highest BCUT2D eigenvalue weighted by atomic mass is 16.2. The number of nitrogens with one attached hydrogen (secondary N) is 1. The quantitative estimate of drug-likeness (QED) is 0.733. The minimum atomic E-state index is -0.493. The van der Waals surface area contributed by atoms with Gasteiger partial charge < -0.3 is 11.1 Å². The molecule has 1 heterocycles. The van der Waals surface area contributed by atoms with Crippen molar-refractivity contribution in [1.82, 2.24) is 25.5 Å². The van der Waals surface area contributed by atoms with Gasteiger partial charge in [-0.2, -0.15) is 4.80 Å². The maximum Gasteiger partial charge on any atom is 0.246 e. The topological polar surface area (TPSA) is 98.7 Å². The van der Waals surface area contributed by atoms with Crippen molar-refractivity contribution in [2.45, 2.75) is 25.8 Å². The molecule has 1 aromatic carbocycles. The van der Waals surface area contributed by atoms with Crippen molar-refractivity contribution in [3.05, 3.63) is 30.3 Å². The first-order valence-corrected chi connectivity index (χ1v) is 7.05. The Hall–Kier alpha value is -2.28. The molecular weight excluding hydrogens is 268 g/mol. The second-order valence-electron chi connectivity index (χ2n) is 4.76. The Balaban J connectivity index is 1.95. The number of rotatable bonds is 7. The lowest BCUT2D eigenvalue weighted by Crippen LogP contribution is -2.32. The first-order valence-electron chi connectivity index (χ1n) is 7.05. The first kappa shape index (κ1) is 15.1. The van der Waals surface area contributed by atoms with Crippen LogP contribution in [0.1, 0.15) is 25.8 Å². The third-order valence-corrected chi connectivity index (χ3v) is 3.12. The van der Waals surface area contributed by atoms with E-state index in [1.54, 1.807) is 6.92 Å². The lowest BCUT2D eigenvalue weighted by atomic mass is 10.2. The maximum absolute atomic E-state index is 12.0. The molecule has 1 amide bonds. The molecule has 2 aromatic rings. The third-order valence-electron chi connectivity index (χ3n) is 3.12. The van der Waals surface area contributed by atoms with Crippen molar-refractivity contribution in [3.63, 3.8) is 0 Å². The molecule has 1 unspecified atom stereocenters. The summed E-state index contributed by atoms with van der Waals surface area (Å²) in [6.45, 7) is 2.99. The Labute approximate surface area is 123 Å². The van der Waals surface area contributed by atoms with Gasteiger partial charge in [0.2, 0.25) is 11.7 Å². The number of unbranched alkanes of at least 4 members (excludes halogenated alkanes) is 1. The van der Waals surface area contributed by atoms with E-state index in [0.29, 0.717) is 18.9 Å². The minimum Gasteiger partial charge on any atom is -0.354 e. The molecule has 2 rings (SSSR count). The zero-order valence-corrected chi connectivity index (χ0v) is 12.1. The van der Waals surface area contributed by atoms with Crippen molar-refractivity contribution in [3.8, 4) is 11.4 Å². The predicted molar refractivity (Wildman–Crippen MR) is 79.3 cm³/mol. The summed E-state index contributed by atoms with van der Waals surface area (Å²) in [6, 6.07) is 9.05. The molecule has 3 N–H and O–H groups in total. The number of nitrogens with two attached hydrogens (primary N) is 1. The smallest absolute Gasteiger partial charge is 0.246 e. The first-order chi connectivity index (χ1) is 10.2. The maximum atomic E-state index is 12.0. The van der Waals surface area contributed by atoms with Gasteiger partial charge in [0.15, 0.2) is 0 Å². The number of carbonyl (C=O) groups excluding carboxylic acids is 1. The number of nitrogens with zero attached hydrogens (tertiary/aromatic N) is 4. The number of hydrogen-bond donors (Lipinski definition) is 2. The summed E-state index contributed by atoms with van der Waals surface area (Å²) in [5, 5.41) is 15.0. The highest BCUT2D eigenvalue weighted by molar-refractivity contribution is 5.79. The van der Waals surface area contributed by atoms with Crippen molar-refractivity contribution in [1.29, 1.82) is 0 Å². The van der Waals surface area contributed by atoms with E-state index in [9.17, 15) is 4.79 Å². The van der Waals surface area contributed by atoms with Crippen LogP contribution >= 0.6 is 0 Å². The molecule has 1 aromatic heterocycles. The largest absolute Gasteiger partial charge is 0.354 e. The van der Waals surface area contributed by atoms with Gasteiger partial charge in [-0.1, -0.05) is 30.3 Å². The highest BCUT2D eigenvalue weighted by Gasteiger charge is 2.18. The molecule has 0 radical (unpaired) electrons. The van der Waals surface area contributed by atoms with Gasteiger partial charge >= 0.3 is 0 Å². The number of tetrazole rings is 1. The second-order valence-corrected chi connectivity index (χ2v) is 4.76. The van der Waals surface area contributed by atoms with Crippen LogP contribution in [0, 0.1) is 0 Å². The van der Waals surface area contributed by atoms with Crippen LogP contribution in [0.25, 0.3) is 11.4 Å². The number of hydrogen-bond acceptors (Lipinski definition) is 5. The normalized spacial score (nSPS) is 12.1. The third kappa shape index (κ3) is 4.09. The Morgan fingerprint density at radius 1 is 1.33 bits per heavy atom. The zero-order valence-electron chi connectivity index (χ0n) is 12.1. The van der Waals surface area contributed by atoms with E-state index in [1.807, 2.05) is 30.3 Å². The number of aromatic nitrogens is 4. The van der Waals surface area contributed by atoms with Gasteiger partial charge in [0, 0.05) is 12.1 Å². The molecule has 0 aliphatic carbocycles. The molecule has 1 atom stereocenters. The monoisotopic (exact) mass is 288 g/mol. The van der Waals surface area contributed by atoms with Crippen LogP contribution in [0.2, 0.25) is 0 Å². The fourth-order valence-electron chi connectivity index (χ4n) is 1.83. The van der Waals surface area contributed by atoms with Gasteiger partial charge in [0.05, 0.1) is 0 Å². The van der Waals surface area contributed by atoms with Crippen molar-refractivity contribution < 1.29 is 4.79 Å². The standard InChI is InChI=1S/C14H20N6O/c1-11(14(21)16-10-6-5-9-15)20-18-13(17-19-20)12-7-3-2-4-8-12/h2-4,7-8,11H,5-6,9-10,15H2,1H3,(H,16,21). The van der Waals surface area contributed by atoms with Gasteiger partial charge in [-0.05, 0) is 31.5 Å². The van der Waals surface area contributed by atoms with Crippen molar-refractivity contribution in [2.24, 2.45) is 5.73 Å². The SMILES string of the molecule is CC(C(=O)NCCCCN)n1nnc(-c2ccccc2)n1. The van der Waals surface area contributed by atoms with Gasteiger partial charge in [-0.3, -0.25) is 4.79 Å². The molecule has 0 saturated heterocycles. The summed E-state index contributed by atoms with van der Waals surface area (Å²) in [5.41, 5.74) is 6.28. The highest BCUT2D eigenvalue weighted by Crippen LogP contribution is 2.13. The average molecular weight is 288 g/mol. The van der Waals surface area contributed by atoms with Gasteiger partial charge in [0.1, 0.15) is 6.04 Å². The van der Waals surface area contributed by atoms with Crippen LogP contribution in [0.15, 0.2) is 30.3 Å². The Morgan fingerprint density at radius 3 is 2.81 bits per heavy atom. The molecule has 0 spiro atoms. The summed E-state index contributed by atoms with van der Waals surface area (Å²) >= 11 is 0. The molecule has 0 fully saturated rings. The Morgan fingerprint density at radius 2 is 2.10 bits per heavy atom. The van der Waals surface area contributed by atoms with Crippen LogP contribution in [0.4, 0.5) is 0 Å². The van der Waals surface area contributed by atoms with Crippen LogP contribution in [-0.4, -0.2) is 39.2 Å². The Kier molecular flexibility index (Phi) is 5.39. The Bertz CT molecular complexity index is 568. The summed E-state index contributed by atoms with van der Waals surface area (Å²) in [6.07, 6.45) is 1.77. The van der Waals surface area contributed by atoms with Crippen LogP contribution < -0.4 is 11.1 Å². The van der Waals surface area contributed by atoms with Gasteiger partial charge in [-0.25, -0.2) is 0 Å². The molecule has 21 heavy (non-hydrogen) atoms. The van der Waals surface area contributed by atoms with E-state index < -0.39 is 6.04 Å². The molecule has 0 aliphatic heterocycles. The predicted octanol–water partition coefficient (Wildman–Crippen LogP) is 0.756. The van der Waals surface area contributed by atoms with E-state index in [4.69, 9.17) is 5.73 Å².